The molecule has 1 aromatic rings. The molecule has 2 rings (SSSR count). The third kappa shape index (κ3) is 8.48. The Morgan fingerprint density at radius 1 is 1.22 bits per heavy atom. The van der Waals surface area contributed by atoms with E-state index in [1.807, 2.05) is 24.1 Å². The van der Waals surface area contributed by atoms with E-state index in [9.17, 15) is 4.91 Å². The summed E-state index contributed by atoms with van der Waals surface area (Å²) < 4.78 is 3.49. The molecule has 0 aliphatic heterocycles. The van der Waals surface area contributed by atoms with Crippen molar-refractivity contribution in [3.63, 3.8) is 0 Å². The highest BCUT2D eigenvalue weighted by Gasteiger charge is 2.11. The molecule has 0 heterocycles. The number of nitroso groups, excluding NO2 is 1. The van der Waals surface area contributed by atoms with Gasteiger partial charge in [0.15, 0.2) is 0 Å². The van der Waals surface area contributed by atoms with Gasteiger partial charge in [-0.25, -0.2) is 5.43 Å². The Morgan fingerprint density at radius 2 is 1.96 bits per heavy atom. The molecule has 1 aliphatic rings. The lowest BCUT2D eigenvalue weighted by Crippen LogP contribution is -2.25. The molecule has 7 heteroatoms. The Bertz CT molecular complexity index is 454. The minimum absolute atomic E-state index is 0.540. The molecule has 1 aliphatic carbocycles. The van der Waals surface area contributed by atoms with Crippen LogP contribution in [0.25, 0.3) is 0 Å². The van der Waals surface area contributed by atoms with Gasteiger partial charge in [0.25, 0.3) is 0 Å². The summed E-state index contributed by atoms with van der Waals surface area (Å²) in [6, 6.07) is 6.28. The summed E-state index contributed by atoms with van der Waals surface area (Å²) in [4.78, 5) is 11.0. The molecule has 1 saturated carbocycles. The van der Waals surface area contributed by atoms with Crippen LogP contribution in [-0.2, 0) is 0 Å². The molecule has 23 heavy (non-hydrogen) atoms. The van der Waals surface area contributed by atoms with Crippen molar-refractivity contribution in [1.82, 2.24) is 4.72 Å². The maximum absolute atomic E-state index is 9.92. The van der Waals surface area contributed by atoms with Crippen LogP contribution < -0.4 is 15.9 Å². The molecule has 0 saturated heterocycles. The Kier molecular flexibility index (Phi) is 10.9. The van der Waals surface area contributed by atoms with Crippen LogP contribution in [0.2, 0.25) is 0 Å². The highest BCUT2D eigenvalue weighted by atomic mass is 32.2. The van der Waals surface area contributed by atoms with E-state index >= 15 is 0 Å². The first-order chi connectivity index (χ1) is 11.2. The fourth-order valence-electron chi connectivity index (χ4n) is 2.37. The number of benzene rings is 1. The molecule has 0 bridgehead atoms. The van der Waals surface area contributed by atoms with E-state index in [-0.39, 0.29) is 0 Å². The molecule has 4 N–H and O–H groups in total. The average Bonchev–Trinajstić information content (AvgIpc) is 2.57. The number of nitrogens with zero attached hydrogens (tertiary/aromatic N) is 1. The van der Waals surface area contributed by atoms with Gasteiger partial charge in [-0.2, -0.15) is 0 Å². The molecular weight excluding hydrogens is 328 g/mol. The van der Waals surface area contributed by atoms with Gasteiger partial charge in [0.1, 0.15) is 0 Å². The van der Waals surface area contributed by atoms with Crippen LogP contribution in [-0.4, -0.2) is 17.5 Å². The molecule has 0 radical (unpaired) electrons. The number of rotatable bonds is 7. The summed E-state index contributed by atoms with van der Waals surface area (Å²) in [5, 5.41) is 2.56. The third-order valence-electron chi connectivity index (χ3n) is 3.50. The second-order valence-corrected chi connectivity index (χ2v) is 7.71. The van der Waals surface area contributed by atoms with Gasteiger partial charge in [0.2, 0.25) is 0 Å². The monoisotopic (exact) mass is 356 g/mol. The van der Waals surface area contributed by atoms with E-state index in [1.165, 1.54) is 37.9 Å². The zero-order valence-corrected chi connectivity index (χ0v) is 15.6. The third-order valence-corrected chi connectivity index (χ3v) is 5.16. The number of anilines is 2. The van der Waals surface area contributed by atoms with E-state index in [0.717, 1.165) is 16.7 Å². The second kappa shape index (κ2) is 12.5. The lowest BCUT2D eigenvalue weighted by atomic mass is 9.96. The van der Waals surface area contributed by atoms with E-state index in [2.05, 4.69) is 29.3 Å². The lowest BCUT2D eigenvalue weighted by molar-refractivity contribution is 0.423. The summed E-state index contributed by atoms with van der Waals surface area (Å²) in [6.45, 7) is 4.26. The smallest absolute Gasteiger partial charge is 0.0824 e. The zero-order chi connectivity index (χ0) is 16.9. The number of hydrogen-bond acceptors (Lipinski definition) is 6. The molecule has 0 unspecified atom stereocenters. The second-order valence-electron chi connectivity index (χ2n) is 5.27. The fraction of sp³-hybridized carbons (Fsp3) is 0.625. The molecule has 0 spiro atoms. The largest absolute Gasteiger partial charge is 0.397 e. The predicted octanol–water partition coefficient (Wildman–Crippen LogP) is 5.05. The van der Waals surface area contributed by atoms with Gasteiger partial charge in [-0.15, -0.1) is 16.7 Å². The van der Waals surface area contributed by atoms with Gasteiger partial charge < -0.3 is 5.73 Å². The van der Waals surface area contributed by atoms with E-state index in [1.54, 1.807) is 17.8 Å². The maximum atomic E-state index is 9.92. The topological polar surface area (TPSA) is 79.5 Å². The fourth-order valence-corrected chi connectivity index (χ4v) is 3.72. The van der Waals surface area contributed by atoms with E-state index < -0.39 is 0 Å². The van der Waals surface area contributed by atoms with E-state index in [0.29, 0.717) is 11.4 Å². The van der Waals surface area contributed by atoms with Crippen LogP contribution >= 0.6 is 23.7 Å². The van der Waals surface area contributed by atoms with Crippen LogP contribution in [0.5, 0.6) is 0 Å². The van der Waals surface area contributed by atoms with Crippen molar-refractivity contribution < 1.29 is 0 Å². The minimum atomic E-state index is 0.540. The van der Waals surface area contributed by atoms with E-state index in [4.69, 9.17) is 5.73 Å². The van der Waals surface area contributed by atoms with Crippen LogP contribution in [0.15, 0.2) is 28.4 Å². The molecule has 1 fully saturated rings. The van der Waals surface area contributed by atoms with Crippen LogP contribution in [0.3, 0.4) is 0 Å². The van der Waals surface area contributed by atoms with Gasteiger partial charge in [-0.1, -0.05) is 45.1 Å². The summed E-state index contributed by atoms with van der Waals surface area (Å²) in [7, 11) is 0. The molecular formula is C16H28N4OS2. The Labute approximate surface area is 148 Å². The van der Waals surface area contributed by atoms with Crippen LogP contribution in [0.1, 0.15) is 46.0 Å². The average molecular weight is 357 g/mol. The van der Waals surface area contributed by atoms with Crippen molar-refractivity contribution in [2.24, 2.45) is 5.29 Å². The van der Waals surface area contributed by atoms with Gasteiger partial charge in [-0.3, -0.25) is 4.72 Å². The normalized spacial score (nSPS) is 14.7. The van der Waals surface area contributed by atoms with Gasteiger partial charge in [0, 0.05) is 16.7 Å². The van der Waals surface area contributed by atoms with Gasteiger partial charge in [-0.05, 0) is 36.8 Å². The summed E-state index contributed by atoms with van der Waals surface area (Å²) in [5.41, 5.74) is 9.03. The first-order valence-corrected chi connectivity index (χ1v) is 10.2. The molecule has 5 nitrogen and oxygen atoms in total. The minimum Gasteiger partial charge on any atom is -0.397 e. The number of nitrogens with two attached hydrogens (primary N) is 1. The quantitative estimate of drug-likeness (QED) is 0.208. The summed E-state index contributed by atoms with van der Waals surface area (Å²) in [5.74, 6) is 2.19. The molecule has 130 valence electrons. The predicted molar refractivity (Wildman–Crippen MR) is 105 cm³/mol. The summed E-state index contributed by atoms with van der Waals surface area (Å²) >= 11 is 3.56. The van der Waals surface area contributed by atoms with Crippen molar-refractivity contribution in [1.29, 1.82) is 0 Å². The zero-order valence-electron chi connectivity index (χ0n) is 14.0. The van der Waals surface area contributed by atoms with Crippen molar-refractivity contribution in [2.45, 2.75) is 56.9 Å². The summed E-state index contributed by atoms with van der Waals surface area (Å²) in [6.07, 6.45) is 7.11. The number of nitrogen functional groups attached to an aromatic ring is 1. The first kappa shape index (κ1) is 20.1. The molecule has 0 aromatic heterocycles. The van der Waals surface area contributed by atoms with Crippen molar-refractivity contribution >= 4 is 35.1 Å². The van der Waals surface area contributed by atoms with Gasteiger partial charge in [0.05, 0.1) is 16.7 Å². The lowest BCUT2D eigenvalue weighted by Gasteiger charge is -2.21. The van der Waals surface area contributed by atoms with Crippen molar-refractivity contribution in [2.75, 3.05) is 22.7 Å². The first-order valence-electron chi connectivity index (χ1n) is 8.19. The highest BCUT2D eigenvalue weighted by Crippen LogP contribution is 2.26. The van der Waals surface area contributed by atoms with Crippen molar-refractivity contribution in [3.8, 4) is 0 Å². The number of nitrogens with one attached hydrogen (secondary N) is 2. The molecule has 0 atom stereocenters. The van der Waals surface area contributed by atoms with Crippen LogP contribution in [0.4, 0.5) is 11.4 Å². The standard InChI is InChI=1S/C8H11N3OS.C8H17NS/c1-2-13-6-3-4-8(10-11-12)7(9)5-6;1-2-10-9-8-6-4-3-5-7-8/h3-5H,2,9H2,1H3,(H,10,12);8-9H,2-7H2,1H3. The molecule has 1 aromatic carbocycles. The van der Waals surface area contributed by atoms with Gasteiger partial charge >= 0.3 is 0 Å². The van der Waals surface area contributed by atoms with Crippen molar-refractivity contribution in [3.05, 3.63) is 23.1 Å². The molecule has 0 amide bonds. The SMILES string of the molecule is CCSNC1CCCCC1.CCSc1ccc(NN=O)c(N)c1. The number of thioether (sulfide) groups is 1. The number of hydrogen-bond donors (Lipinski definition) is 3. The Balaban J connectivity index is 0.000000238. The van der Waals surface area contributed by atoms with Crippen LogP contribution in [0, 0.1) is 4.91 Å². The maximum Gasteiger partial charge on any atom is 0.0824 e. The highest BCUT2D eigenvalue weighted by molar-refractivity contribution is 7.99. The Morgan fingerprint density at radius 3 is 2.52 bits per heavy atom. The Hall–Kier alpha value is -0.920.